The molecule has 1 aromatic carbocycles. The van der Waals surface area contributed by atoms with Gasteiger partial charge in [0.2, 0.25) is 17.6 Å². The van der Waals surface area contributed by atoms with Gasteiger partial charge in [-0.3, -0.25) is 19.7 Å². The highest BCUT2D eigenvalue weighted by Gasteiger charge is 2.50. The molecule has 2 aliphatic rings. The molecule has 1 fully saturated rings. The molecule has 0 unspecified atom stereocenters. The van der Waals surface area contributed by atoms with Gasteiger partial charge in [-0.25, -0.2) is 4.90 Å². The number of amides is 2. The Kier molecular flexibility index (Phi) is 3.27. The molecule has 1 heterocycles. The van der Waals surface area contributed by atoms with E-state index in [1.54, 1.807) is 0 Å². The molecule has 0 aromatic heterocycles. The number of hydrogen-bond donors (Lipinski definition) is 0. The van der Waals surface area contributed by atoms with Gasteiger partial charge in [0.25, 0.3) is 0 Å². The van der Waals surface area contributed by atoms with Crippen LogP contribution in [0.5, 0.6) is 0 Å². The highest BCUT2D eigenvalue weighted by Crippen LogP contribution is 2.41. The minimum absolute atomic E-state index is 0.0460. The number of halogens is 1. The van der Waals surface area contributed by atoms with Crippen molar-refractivity contribution >= 4 is 23.2 Å². The van der Waals surface area contributed by atoms with Crippen molar-refractivity contribution in [1.29, 1.82) is 0 Å². The van der Waals surface area contributed by atoms with E-state index in [1.807, 2.05) is 19.1 Å². The van der Waals surface area contributed by atoms with Gasteiger partial charge in [0.1, 0.15) is 0 Å². The fourth-order valence-corrected chi connectivity index (χ4v) is 3.18. The van der Waals surface area contributed by atoms with Crippen LogP contribution in [0.4, 0.5) is 15.8 Å². The zero-order valence-corrected chi connectivity index (χ0v) is 11.7. The SMILES string of the molecule is C[C@@H]1C=CC[C@@H]2C(=O)N(c3ccc(F)c([N+](=O)[O-])c3)C(=O)[C@@H]12. The number of carbonyl (C=O) groups is 2. The standard InChI is InChI=1S/C15H13FN2O4/c1-8-3-2-4-10-13(8)15(20)17(14(10)19)9-5-6-11(16)12(7-9)18(21)22/h2-3,5-8,10,13H,4H2,1H3/t8-,10+,13+/m1/s1. The molecular weight excluding hydrogens is 291 g/mol. The van der Waals surface area contributed by atoms with Crippen LogP contribution in [0.15, 0.2) is 30.4 Å². The van der Waals surface area contributed by atoms with Crippen molar-refractivity contribution in [3.63, 3.8) is 0 Å². The van der Waals surface area contributed by atoms with Crippen LogP contribution in [0.25, 0.3) is 0 Å². The van der Waals surface area contributed by atoms with Crippen molar-refractivity contribution < 1.29 is 18.9 Å². The molecule has 0 N–H and O–H groups in total. The van der Waals surface area contributed by atoms with E-state index in [-0.39, 0.29) is 23.4 Å². The number of carbonyl (C=O) groups excluding carboxylic acids is 2. The van der Waals surface area contributed by atoms with Gasteiger partial charge in [-0.05, 0) is 24.5 Å². The summed E-state index contributed by atoms with van der Waals surface area (Å²) in [6, 6.07) is 3.05. The summed E-state index contributed by atoms with van der Waals surface area (Å²) < 4.78 is 13.4. The second kappa shape index (κ2) is 5.01. The average molecular weight is 304 g/mol. The van der Waals surface area contributed by atoms with Crippen LogP contribution in [0.2, 0.25) is 0 Å². The van der Waals surface area contributed by atoms with Gasteiger partial charge in [0.15, 0.2) is 0 Å². The minimum atomic E-state index is -1.000. The second-order valence-electron chi connectivity index (χ2n) is 5.56. The molecule has 0 saturated carbocycles. The molecule has 1 aromatic rings. The number of allylic oxidation sites excluding steroid dienone is 2. The maximum atomic E-state index is 13.4. The summed E-state index contributed by atoms with van der Waals surface area (Å²) in [5, 5.41) is 10.8. The third-order valence-electron chi connectivity index (χ3n) is 4.26. The van der Waals surface area contributed by atoms with Crippen LogP contribution in [-0.2, 0) is 9.59 Å². The maximum absolute atomic E-state index is 13.4. The molecule has 0 radical (unpaired) electrons. The van der Waals surface area contributed by atoms with Crippen molar-refractivity contribution in [2.24, 2.45) is 17.8 Å². The van der Waals surface area contributed by atoms with E-state index >= 15 is 0 Å². The smallest absolute Gasteiger partial charge is 0.274 e. The zero-order chi connectivity index (χ0) is 16.0. The molecule has 7 heteroatoms. The Hall–Kier alpha value is -2.57. The Morgan fingerprint density at radius 3 is 2.68 bits per heavy atom. The van der Waals surface area contributed by atoms with E-state index in [2.05, 4.69) is 0 Å². The fourth-order valence-electron chi connectivity index (χ4n) is 3.18. The van der Waals surface area contributed by atoms with E-state index < -0.39 is 28.3 Å². The van der Waals surface area contributed by atoms with Crippen molar-refractivity contribution in [3.05, 3.63) is 46.3 Å². The van der Waals surface area contributed by atoms with Crippen LogP contribution in [0.1, 0.15) is 13.3 Å². The summed E-state index contributed by atoms with van der Waals surface area (Å²) in [5.74, 6) is -2.74. The first-order valence-electron chi connectivity index (χ1n) is 6.90. The number of anilines is 1. The third-order valence-corrected chi connectivity index (χ3v) is 4.26. The maximum Gasteiger partial charge on any atom is 0.306 e. The lowest BCUT2D eigenvalue weighted by Crippen LogP contribution is -2.31. The quantitative estimate of drug-likeness (QED) is 0.364. The lowest BCUT2D eigenvalue weighted by Gasteiger charge is -2.22. The van der Waals surface area contributed by atoms with Gasteiger partial charge in [-0.15, -0.1) is 0 Å². The molecule has 6 nitrogen and oxygen atoms in total. The average Bonchev–Trinajstić information content (AvgIpc) is 2.73. The van der Waals surface area contributed by atoms with Gasteiger partial charge in [0, 0.05) is 6.07 Å². The molecule has 3 atom stereocenters. The summed E-state index contributed by atoms with van der Waals surface area (Å²) in [6.45, 7) is 1.86. The summed E-state index contributed by atoms with van der Waals surface area (Å²) >= 11 is 0. The molecular formula is C15H13FN2O4. The first-order chi connectivity index (χ1) is 10.4. The number of nitrogens with zero attached hydrogens (tertiary/aromatic N) is 2. The lowest BCUT2D eigenvalue weighted by molar-refractivity contribution is -0.387. The van der Waals surface area contributed by atoms with Gasteiger partial charge in [0.05, 0.1) is 22.4 Å². The van der Waals surface area contributed by atoms with E-state index in [9.17, 15) is 24.1 Å². The molecule has 3 rings (SSSR count). The predicted octanol–water partition coefficient (Wildman–Crippen LogP) is 2.44. The molecule has 1 aliphatic carbocycles. The van der Waals surface area contributed by atoms with E-state index in [0.29, 0.717) is 6.42 Å². The van der Waals surface area contributed by atoms with Gasteiger partial charge >= 0.3 is 5.69 Å². The molecule has 22 heavy (non-hydrogen) atoms. The highest BCUT2D eigenvalue weighted by atomic mass is 19.1. The predicted molar refractivity (Wildman–Crippen MR) is 75.4 cm³/mol. The first kappa shape index (κ1) is 14.4. The number of hydrogen-bond acceptors (Lipinski definition) is 4. The number of fused-ring (bicyclic) bond motifs is 1. The van der Waals surface area contributed by atoms with Crippen LogP contribution >= 0.6 is 0 Å². The number of rotatable bonds is 2. The Morgan fingerprint density at radius 1 is 1.32 bits per heavy atom. The Balaban J connectivity index is 2.03. The first-order valence-corrected chi connectivity index (χ1v) is 6.90. The third kappa shape index (κ3) is 2.01. The largest absolute Gasteiger partial charge is 0.306 e. The highest BCUT2D eigenvalue weighted by molar-refractivity contribution is 6.22. The summed E-state index contributed by atoms with van der Waals surface area (Å²) in [4.78, 5) is 35.9. The van der Waals surface area contributed by atoms with Gasteiger partial charge < -0.3 is 0 Å². The Bertz CT molecular complexity index is 715. The van der Waals surface area contributed by atoms with E-state index in [0.717, 1.165) is 17.0 Å². The Labute approximate surface area is 125 Å². The zero-order valence-electron chi connectivity index (χ0n) is 11.7. The fraction of sp³-hybridized carbons (Fsp3) is 0.333. The second-order valence-corrected chi connectivity index (χ2v) is 5.56. The summed E-state index contributed by atoms with van der Waals surface area (Å²) in [5.41, 5.74) is -0.705. The molecule has 0 spiro atoms. The number of nitro groups is 1. The topological polar surface area (TPSA) is 80.5 Å². The lowest BCUT2D eigenvalue weighted by atomic mass is 9.78. The Morgan fingerprint density at radius 2 is 2.05 bits per heavy atom. The van der Waals surface area contributed by atoms with Crippen LogP contribution in [0.3, 0.4) is 0 Å². The molecule has 1 saturated heterocycles. The van der Waals surface area contributed by atoms with E-state index in [4.69, 9.17) is 0 Å². The normalized spacial score (nSPS) is 27.2. The number of benzene rings is 1. The van der Waals surface area contributed by atoms with Crippen molar-refractivity contribution in [1.82, 2.24) is 0 Å². The van der Waals surface area contributed by atoms with Crippen LogP contribution < -0.4 is 4.90 Å². The minimum Gasteiger partial charge on any atom is -0.274 e. The van der Waals surface area contributed by atoms with Crippen molar-refractivity contribution in [2.75, 3.05) is 4.90 Å². The van der Waals surface area contributed by atoms with Crippen molar-refractivity contribution in [2.45, 2.75) is 13.3 Å². The molecule has 114 valence electrons. The van der Waals surface area contributed by atoms with Gasteiger partial charge in [-0.1, -0.05) is 19.1 Å². The summed E-state index contributed by atoms with van der Waals surface area (Å²) in [6.07, 6.45) is 4.23. The van der Waals surface area contributed by atoms with Crippen LogP contribution in [0, 0.1) is 33.7 Å². The summed E-state index contributed by atoms with van der Waals surface area (Å²) in [7, 11) is 0. The van der Waals surface area contributed by atoms with Gasteiger partial charge in [-0.2, -0.15) is 4.39 Å². The van der Waals surface area contributed by atoms with Crippen molar-refractivity contribution in [3.8, 4) is 0 Å². The number of nitro benzene ring substituents is 1. The van der Waals surface area contributed by atoms with E-state index in [1.165, 1.54) is 6.07 Å². The molecule has 1 aliphatic heterocycles. The number of imide groups is 1. The monoisotopic (exact) mass is 304 g/mol. The van der Waals surface area contributed by atoms with Crippen LogP contribution in [-0.4, -0.2) is 16.7 Å². The molecule has 0 bridgehead atoms. The molecule has 2 amide bonds.